The number of hydrogen-bond acceptors (Lipinski definition) is 11. The van der Waals surface area contributed by atoms with Crippen molar-refractivity contribution >= 4 is 53.2 Å². The molecule has 2 fully saturated rings. The molecule has 18 heteroatoms. The van der Waals surface area contributed by atoms with Gasteiger partial charge in [0.15, 0.2) is 0 Å². The largest absolute Gasteiger partial charge is 0.480 e. The Hall–Kier alpha value is -3.48. The summed E-state index contributed by atoms with van der Waals surface area (Å²) in [4.78, 5) is 90.1. The third-order valence-electron chi connectivity index (χ3n) is 7.44. The maximum atomic E-state index is 13.2. The van der Waals surface area contributed by atoms with Gasteiger partial charge in [0, 0.05) is 13.1 Å². The molecule has 2 rings (SSSR count). The number of carbonyl (C=O) groups excluding carboxylic acids is 6. The van der Waals surface area contributed by atoms with E-state index in [4.69, 9.17) is 10.8 Å². The van der Waals surface area contributed by atoms with E-state index >= 15 is 0 Å². The molecule has 0 unspecified atom stereocenters. The van der Waals surface area contributed by atoms with E-state index in [-0.39, 0.29) is 19.5 Å². The molecule has 44 heavy (non-hydrogen) atoms. The highest BCUT2D eigenvalue weighted by atomic mass is 32.2. The van der Waals surface area contributed by atoms with Crippen molar-refractivity contribution in [1.82, 2.24) is 31.1 Å². The Morgan fingerprint density at radius 2 is 1.43 bits per heavy atom. The quantitative estimate of drug-likeness (QED) is 0.0793. The van der Waals surface area contributed by atoms with Crippen molar-refractivity contribution in [3.63, 3.8) is 0 Å². The van der Waals surface area contributed by atoms with Gasteiger partial charge >= 0.3 is 5.97 Å². The van der Waals surface area contributed by atoms with Crippen molar-refractivity contribution < 1.29 is 48.9 Å². The fourth-order valence-electron chi connectivity index (χ4n) is 4.90. The molecule has 0 radical (unpaired) electrons. The second-order valence-corrected chi connectivity index (χ2v) is 11.6. The molecular formula is C26H43N7O10S. The molecule has 0 aromatic heterocycles. The van der Waals surface area contributed by atoms with Crippen molar-refractivity contribution in [2.45, 2.75) is 75.3 Å². The SMILES string of the molecule is CSCC[C@H](N)C(=O)N[C@@H](CO)C(=O)N[C@@H](CO)C(=O)N1CCC[C@H]1C(=O)NCC(=O)N1CCC[C@H]1C(=O)N[C@@H](C)C(=O)O. The lowest BCUT2D eigenvalue weighted by molar-refractivity contribution is -0.144. The first-order chi connectivity index (χ1) is 20.9. The van der Waals surface area contributed by atoms with Gasteiger partial charge in [0.1, 0.15) is 30.2 Å². The van der Waals surface area contributed by atoms with Crippen LogP contribution in [0.5, 0.6) is 0 Å². The van der Waals surface area contributed by atoms with Crippen molar-refractivity contribution in [2.24, 2.45) is 5.73 Å². The summed E-state index contributed by atoms with van der Waals surface area (Å²) in [6.45, 7) is -0.396. The third kappa shape index (κ3) is 10.0. The average molecular weight is 646 g/mol. The number of amides is 6. The van der Waals surface area contributed by atoms with Crippen molar-refractivity contribution in [1.29, 1.82) is 0 Å². The molecule has 2 aliphatic heterocycles. The minimum absolute atomic E-state index is 0.137. The number of aliphatic hydroxyl groups is 2. The first-order valence-corrected chi connectivity index (χ1v) is 15.7. The zero-order valence-electron chi connectivity index (χ0n) is 24.8. The van der Waals surface area contributed by atoms with Crippen LogP contribution >= 0.6 is 11.8 Å². The number of rotatable bonds is 16. The minimum Gasteiger partial charge on any atom is -0.480 e. The van der Waals surface area contributed by atoms with Crippen LogP contribution < -0.4 is 27.0 Å². The molecule has 6 amide bonds. The van der Waals surface area contributed by atoms with Gasteiger partial charge in [-0.2, -0.15) is 11.8 Å². The van der Waals surface area contributed by atoms with Gasteiger partial charge in [0.25, 0.3) is 0 Å². The topological polar surface area (TPSA) is 261 Å². The lowest BCUT2D eigenvalue weighted by Gasteiger charge is -2.29. The Morgan fingerprint density at radius 1 is 0.864 bits per heavy atom. The number of nitrogens with one attached hydrogen (secondary N) is 4. The molecule has 0 spiro atoms. The first kappa shape index (κ1) is 36.7. The molecule has 0 aliphatic carbocycles. The third-order valence-corrected chi connectivity index (χ3v) is 8.08. The van der Waals surface area contributed by atoms with Gasteiger partial charge in [-0.3, -0.25) is 33.6 Å². The van der Waals surface area contributed by atoms with E-state index in [2.05, 4.69) is 21.3 Å². The van der Waals surface area contributed by atoms with Crippen LogP contribution in [-0.4, -0.2) is 148 Å². The molecular weight excluding hydrogens is 602 g/mol. The van der Waals surface area contributed by atoms with Gasteiger partial charge in [-0.1, -0.05) is 0 Å². The van der Waals surface area contributed by atoms with Crippen molar-refractivity contribution in [2.75, 3.05) is 44.9 Å². The van der Waals surface area contributed by atoms with Crippen LogP contribution in [0.2, 0.25) is 0 Å². The number of likely N-dealkylation sites (tertiary alicyclic amines) is 2. The highest BCUT2D eigenvalue weighted by Crippen LogP contribution is 2.20. The number of nitrogens with two attached hydrogens (primary N) is 1. The Morgan fingerprint density at radius 3 is 2.00 bits per heavy atom. The molecule has 6 atom stereocenters. The van der Waals surface area contributed by atoms with Crippen LogP contribution in [0, 0.1) is 0 Å². The highest BCUT2D eigenvalue weighted by molar-refractivity contribution is 7.98. The molecule has 0 aromatic carbocycles. The standard InChI is InChI=1S/C26H43N7O10S/c1-14(26(42)43)29-24(40)19-6-3-8-32(19)20(36)11-28-23(39)18-5-4-9-33(18)25(41)17(13-35)31-22(38)16(12-34)30-21(37)15(27)7-10-44-2/h14-19,34-35H,3-13,27H2,1-2H3,(H,28,39)(H,29,40)(H,30,37)(H,31,38)(H,42,43)/t14-,15-,16-,17-,18-,19-/m0/s1. The minimum atomic E-state index is -1.48. The maximum Gasteiger partial charge on any atom is 0.325 e. The summed E-state index contributed by atoms with van der Waals surface area (Å²) in [5, 5.41) is 38.0. The normalized spacial score (nSPS) is 20.7. The summed E-state index contributed by atoms with van der Waals surface area (Å²) < 4.78 is 0. The summed E-state index contributed by atoms with van der Waals surface area (Å²) >= 11 is 1.48. The van der Waals surface area contributed by atoms with Crippen LogP contribution in [0.1, 0.15) is 39.0 Å². The van der Waals surface area contributed by atoms with Gasteiger partial charge in [0.05, 0.1) is 25.8 Å². The lowest BCUT2D eigenvalue weighted by atomic mass is 10.1. The summed E-state index contributed by atoms with van der Waals surface area (Å²) in [6, 6.07) is -6.84. The zero-order valence-corrected chi connectivity index (χ0v) is 25.6. The van der Waals surface area contributed by atoms with Crippen LogP contribution in [0.3, 0.4) is 0 Å². The van der Waals surface area contributed by atoms with Gasteiger partial charge < -0.3 is 52.1 Å². The first-order valence-electron chi connectivity index (χ1n) is 14.3. The second kappa shape index (κ2) is 17.7. The van der Waals surface area contributed by atoms with Gasteiger partial charge in [0.2, 0.25) is 35.4 Å². The van der Waals surface area contributed by atoms with Gasteiger partial charge in [-0.25, -0.2) is 0 Å². The van der Waals surface area contributed by atoms with Crippen molar-refractivity contribution in [3.8, 4) is 0 Å². The molecule has 248 valence electrons. The molecule has 2 aliphatic rings. The number of nitrogens with zero attached hydrogens (tertiary/aromatic N) is 2. The van der Waals surface area contributed by atoms with E-state index in [1.165, 1.54) is 28.5 Å². The molecule has 9 N–H and O–H groups in total. The fourth-order valence-corrected chi connectivity index (χ4v) is 5.39. The number of aliphatic carboxylic acids is 1. The lowest BCUT2D eigenvalue weighted by Crippen LogP contribution is -2.59. The average Bonchev–Trinajstić information content (AvgIpc) is 3.70. The molecule has 17 nitrogen and oxygen atoms in total. The van der Waals surface area contributed by atoms with E-state index in [0.717, 1.165) is 0 Å². The Labute approximate surface area is 259 Å². The molecule has 0 saturated carbocycles. The van der Waals surface area contributed by atoms with Crippen LogP contribution in [0.15, 0.2) is 0 Å². The van der Waals surface area contributed by atoms with E-state index in [9.17, 15) is 43.8 Å². The number of thioether (sulfide) groups is 1. The van der Waals surface area contributed by atoms with E-state index in [0.29, 0.717) is 31.4 Å². The maximum absolute atomic E-state index is 13.2. The molecule has 0 aromatic rings. The molecule has 0 bridgehead atoms. The van der Waals surface area contributed by atoms with Crippen LogP contribution in [0.25, 0.3) is 0 Å². The van der Waals surface area contributed by atoms with E-state index in [1.807, 2.05) is 6.26 Å². The smallest absolute Gasteiger partial charge is 0.325 e. The van der Waals surface area contributed by atoms with Gasteiger partial charge in [-0.05, 0) is 51.0 Å². The fraction of sp³-hybridized carbons (Fsp3) is 0.731. The highest BCUT2D eigenvalue weighted by Gasteiger charge is 2.39. The summed E-state index contributed by atoms with van der Waals surface area (Å²) in [6.07, 6.45) is 3.72. The van der Waals surface area contributed by atoms with E-state index in [1.54, 1.807) is 0 Å². The summed E-state index contributed by atoms with van der Waals surface area (Å²) in [5.74, 6) is -4.79. The summed E-state index contributed by atoms with van der Waals surface area (Å²) in [5.41, 5.74) is 5.80. The Bertz CT molecular complexity index is 1080. The van der Waals surface area contributed by atoms with Crippen LogP contribution in [0.4, 0.5) is 0 Å². The zero-order chi connectivity index (χ0) is 33.0. The van der Waals surface area contributed by atoms with Gasteiger partial charge in [-0.15, -0.1) is 0 Å². The van der Waals surface area contributed by atoms with Crippen LogP contribution in [-0.2, 0) is 33.6 Å². The van der Waals surface area contributed by atoms with Crippen molar-refractivity contribution in [3.05, 3.63) is 0 Å². The predicted octanol–water partition coefficient (Wildman–Crippen LogP) is -4.29. The number of aliphatic hydroxyl groups excluding tert-OH is 2. The number of hydrogen-bond donors (Lipinski definition) is 8. The second-order valence-electron chi connectivity index (χ2n) is 10.6. The predicted molar refractivity (Wildman–Crippen MR) is 157 cm³/mol. The molecule has 2 heterocycles. The van der Waals surface area contributed by atoms with E-state index < -0.39 is 97.4 Å². The molecule has 2 saturated heterocycles. The number of carboxylic acids is 1. The Kier molecular flexibility index (Phi) is 14.8. The number of carboxylic acid groups (broad SMARTS) is 1. The summed E-state index contributed by atoms with van der Waals surface area (Å²) in [7, 11) is 0. The Balaban J connectivity index is 1.96. The number of carbonyl (C=O) groups is 7. The monoisotopic (exact) mass is 645 g/mol.